The fraction of sp³-hybridized carbons (Fsp3) is 0.123. The van der Waals surface area contributed by atoms with Crippen molar-refractivity contribution in [1.82, 2.24) is 9.97 Å². The Balaban J connectivity index is 0.000000151. The Bertz CT molecular complexity index is 3450. The number of rotatable bonds is 6. The Morgan fingerprint density at radius 3 is 1.47 bits per heavy atom. The number of hydrogen-bond donors (Lipinski definition) is 1. The summed E-state index contributed by atoms with van der Waals surface area (Å²) in [6.45, 7) is 10.7. The van der Waals surface area contributed by atoms with Crippen LogP contribution in [0.25, 0.3) is 77.4 Å². The van der Waals surface area contributed by atoms with E-state index in [0.717, 1.165) is 28.1 Å². The Kier molecular flexibility index (Phi) is 13.4. The summed E-state index contributed by atoms with van der Waals surface area (Å²) in [6, 6.07) is 71.8. The average Bonchev–Trinajstić information content (AvgIpc) is 3.75. The normalized spacial score (nSPS) is 13.3. The minimum atomic E-state index is -0.172. The molecule has 345 valence electrons. The number of benzene rings is 8. The zero-order chi connectivity index (χ0) is 47.7. The Morgan fingerprint density at radius 1 is 0.514 bits per heavy atom. The number of nitrogens with zero attached hydrogens (tertiary/aromatic N) is 2. The molecule has 0 aliphatic heterocycles. The van der Waals surface area contributed by atoms with Gasteiger partial charge < -0.3 is 15.1 Å². The number of carbonyl (C=O) groups excluding carboxylic acids is 1. The van der Waals surface area contributed by atoms with Crippen LogP contribution in [0.5, 0.6) is 0 Å². The van der Waals surface area contributed by atoms with E-state index in [1.165, 1.54) is 90.2 Å². The topological polar surface area (TPSA) is 63.1 Å². The van der Waals surface area contributed by atoms with Crippen LogP contribution in [0, 0.1) is 12.1 Å². The van der Waals surface area contributed by atoms with Crippen molar-refractivity contribution in [1.29, 1.82) is 0 Å². The number of carbonyl (C=O) groups is 1. The van der Waals surface area contributed by atoms with Crippen molar-refractivity contribution in [3.05, 3.63) is 252 Å². The fourth-order valence-corrected chi connectivity index (χ4v) is 10.2. The number of ketones is 1. The molecule has 2 aliphatic carbocycles. The van der Waals surface area contributed by atoms with Crippen LogP contribution in [0.4, 0.5) is 0 Å². The second-order valence-electron chi connectivity index (χ2n) is 18.9. The van der Waals surface area contributed by atoms with Gasteiger partial charge in [0.15, 0.2) is 5.78 Å². The van der Waals surface area contributed by atoms with Gasteiger partial charge in [-0.25, -0.2) is 0 Å². The predicted octanol–water partition coefficient (Wildman–Crippen LogP) is 15.9. The molecule has 0 saturated carbocycles. The Hall–Kier alpha value is -7.56. The molecule has 1 N–H and O–H groups in total. The summed E-state index contributed by atoms with van der Waals surface area (Å²) in [7, 11) is 0. The number of aliphatic hydroxyl groups is 1. The number of allylic oxidation sites excluding steroid dienone is 2. The number of aliphatic hydroxyl groups excluding tert-OH is 1. The predicted molar refractivity (Wildman–Crippen MR) is 284 cm³/mol. The second-order valence-corrected chi connectivity index (χ2v) is 18.9. The van der Waals surface area contributed by atoms with Gasteiger partial charge in [0.2, 0.25) is 0 Å². The van der Waals surface area contributed by atoms with Crippen molar-refractivity contribution in [2.45, 2.75) is 51.9 Å². The third-order valence-electron chi connectivity index (χ3n) is 13.7. The molecule has 1 radical (unpaired) electrons. The average molecular weight is 1090 g/mol. The summed E-state index contributed by atoms with van der Waals surface area (Å²) in [5.74, 6) is -0.0394. The molecule has 0 atom stereocenters. The standard InChI is InChI=1S/C35H32O2.2C15H10N.Ir/c1-21(36)16-25(37)17-22-10-13-27-29-15-12-24(20-33(29)35(4,5)31(27)18-22)23-11-14-28-26-8-6-7-9-30(26)34(2,3)32(28)19-23;2*1-2-7-13(8-3-1)15-14-9-5-4-6-12(14)10-11-16-15;/h6-16,18-20,36H,17H2,1-5H3;2*1-7,9-11H;/q;2*-1;/b21-16-;;;. The molecule has 2 aliphatic rings. The van der Waals surface area contributed by atoms with Crippen molar-refractivity contribution < 1.29 is 30.0 Å². The van der Waals surface area contributed by atoms with E-state index in [4.69, 9.17) is 0 Å². The van der Waals surface area contributed by atoms with E-state index in [-0.39, 0.29) is 48.9 Å². The molecule has 0 amide bonds. The van der Waals surface area contributed by atoms with Gasteiger partial charge in [-0.3, -0.25) is 4.79 Å². The molecule has 4 nitrogen and oxygen atoms in total. The number of pyridine rings is 2. The first-order valence-electron chi connectivity index (χ1n) is 23.5. The summed E-state index contributed by atoms with van der Waals surface area (Å²) in [6.07, 6.45) is 5.28. The molecule has 0 fully saturated rings. The number of fused-ring (bicyclic) bond motifs is 8. The van der Waals surface area contributed by atoms with Gasteiger partial charge in [0.05, 0.1) is 5.76 Å². The van der Waals surface area contributed by atoms with Crippen LogP contribution in [0.1, 0.15) is 62.4 Å². The van der Waals surface area contributed by atoms with Gasteiger partial charge in [0.25, 0.3) is 0 Å². The third-order valence-corrected chi connectivity index (χ3v) is 13.7. The van der Waals surface area contributed by atoms with Gasteiger partial charge in [-0.05, 0) is 125 Å². The van der Waals surface area contributed by atoms with E-state index >= 15 is 0 Å². The molecule has 5 heteroatoms. The molecule has 12 rings (SSSR count). The SMILES string of the molecule is C/C(O)=C/C(=O)Cc1ccc2c(c1)C(C)(C)c1cc(-c3ccc4c(c3)C(C)(C)c3ccccc3-4)ccc1-2.[Ir].[c-]1ccccc1-c1nccc2ccccc12.[c-]1ccccc1-c1nccc2ccccc12. The van der Waals surface area contributed by atoms with Crippen molar-refractivity contribution >= 4 is 27.3 Å². The molecule has 2 heterocycles. The minimum Gasteiger partial charge on any atom is -0.512 e. The van der Waals surface area contributed by atoms with Crippen LogP contribution >= 0.6 is 0 Å². The maximum Gasteiger partial charge on any atom is 0.163 e. The van der Waals surface area contributed by atoms with Gasteiger partial charge in [-0.15, -0.1) is 71.8 Å². The summed E-state index contributed by atoms with van der Waals surface area (Å²) in [5.41, 5.74) is 17.9. The van der Waals surface area contributed by atoms with Crippen LogP contribution in [0.2, 0.25) is 0 Å². The van der Waals surface area contributed by atoms with Gasteiger partial charge in [-0.1, -0.05) is 143 Å². The minimum absolute atomic E-state index is 0. The molecule has 8 aromatic carbocycles. The molecular weight excluding hydrogens is 1030 g/mol. The van der Waals surface area contributed by atoms with Gasteiger partial charge in [0.1, 0.15) is 0 Å². The van der Waals surface area contributed by atoms with Crippen molar-refractivity contribution in [3.8, 4) is 55.9 Å². The quantitative estimate of drug-likeness (QED) is 0.102. The Labute approximate surface area is 424 Å². The van der Waals surface area contributed by atoms with E-state index in [9.17, 15) is 9.90 Å². The van der Waals surface area contributed by atoms with Crippen LogP contribution in [0.15, 0.2) is 212 Å². The molecule has 70 heavy (non-hydrogen) atoms. The largest absolute Gasteiger partial charge is 0.512 e. The van der Waals surface area contributed by atoms with Gasteiger partial charge >= 0.3 is 0 Å². The monoisotopic (exact) mass is 1090 g/mol. The van der Waals surface area contributed by atoms with E-state index < -0.39 is 0 Å². The zero-order valence-corrected chi connectivity index (χ0v) is 42.3. The van der Waals surface area contributed by atoms with Crippen LogP contribution in [-0.4, -0.2) is 20.9 Å². The Morgan fingerprint density at radius 2 is 0.957 bits per heavy atom. The van der Waals surface area contributed by atoms with Gasteiger partial charge in [-0.2, -0.15) is 0 Å². The van der Waals surface area contributed by atoms with Crippen molar-refractivity contribution in [3.63, 3.8) is 0 Å². The first kappa shape index (κ1) is 47.5. The molecule has 0 bridgehead atoms. The van der Waals surface area contributed by atoms with Gasteiger partial charge in [0, 0.05) is 55.8 Å². The van der Waals surface area contributed by atoms with Crippen molar-refractivity contribution in [2.75, 3.05) is 0 Å². The third kappa shape index (κ3) is 9.19. The first-order valence-corrected chi connectivity index (χ1v) is 23.5. The fourth-order valence-electron chi connectivity index (χ4n) is 10.2. The molecule has 2 aromatic heterocycles. The van der Waals surface area contributed by atoms with E-state index in [2.05, 4.69) is 147 Å². The van der Waals surface area contributed by atoms with Crippen LogP contribution in [-0.2, 0) is 42.2 Å². The number of aromatic nitrogens is 2. The zero-order valence-electron chi connectivity index (χ0n) is 39.9. The van der Waals surface area contributed by atoms with Crippen LogP contribution in [0.3, 0.4) is 0 Å². The summed E-state index contributed by atoms with van der Waals surface area (Å²) >= 11 is 0. The first-order chi connectivity index (χ1) is 33.5. The molecule has 0 unspecified atom stereocenters. The summed E-state index contributed by atoms with van der Waals surface area (Å²) < 4.78 is 0. The maximum atomic E-state index is 12.3. The maximum absolute atomic E-state index is 12.3. The molecule has 0 spiro atoms. The second kappa shape index (κ2) is 19.8. The molecular formula is C65H52IrN2O2-2. The summed E-state index contributed by atoms with van der Waals surface area (Å²) in [5, 5.41) is 14.2. The number of hydrogen-bond acceptors (Lipinski definition) is 4. The van der Waals surface area contributed by atoms with Crippen LogP contribution < -0.4 is 0 Å². The van der Waals surface area contributed by atoms with E-state index in [0.29, 0.717) is 0 Å². The van der Waals surface area contributed by atoms with E-state index in [1.54, 1.807) is 0 Å². The summed E-state index contributed by atoms with van der Waals surface area (Å²) in [4.78, 5) is 21.2. The van der Waals surface area contributed by atoms with Crippen molar-refractivity contribution in [2.24, 2.45) is 0 Å². The molecule has 10 aromatic rings. The van der Waals surface area contributed by atoms with E-state index in [1.807, 2.05) is 103 Å². The smallest absolute Gasteiger partial charge is 0.163 e. The molecule has 0 saturated heterocycles.